The Morgan fingerprint density at radius 3 is 2.58 bits per heavy atom. The summed E-state index contributed by atoms with van der Waals surface area (Å²) >= 11 is 0. The normalized spacial score (nSPS) is 21.4. The lowest BCUT2D eigenvalue weighted by Gasteiger charge is -2.29. The van der Waals surface area contributed by atoms with Gasteiger partial charge in [-0.1, -0.05) is 27.7 Å². The second-order valence-corrected chi connectivity index (χ2v) is 6.77. The highest BCUT2D eigenvalue weighted by atomic mass is 16.2. The summed E-state index contributed by atoms with van der Waals surface area (Å²) in [5.41, 5.74) is 0.286. The van der Waals surface area contributed by atoms with Crippen LogP contribution in [0.5, 0.6) is 0 Å². The average Bonchev–Trinajstić information content (AvgIpc) is 2.51. The summed E-state index contributed by atoms with van der Waals surface area (Å²) in [5.74, 6) is 1.20. The molecule has 1 rings (SSSR count). The Morgan fingerprint density at radius 1 is 1.32 bits per heavy atom. The third-order valence-electron chi connectivity index (χ3n) is 4.31. The summed E-state index contributed by atoms with van der Waals surface area (Å²) in [6.45, 7) is 10.3. The van der Waals surface area contributed by atoms with Crippen LogP contribution in [0.3, 0.4) is 0 Å². The van der Waals surface area contributed by atoms with Crippen LogP contribution in [0.25, 0.3) is 0 Å². The fourth-order valence-electron chi connectivity index (χ4n) is 2.78. The summed E-state index contributed by atoms with van der Waals surface area (Å²) in [7, 11) is 0. The predicted octanol–water partition coefficient (Wildman–Crippen LogP) is 3.42. The lowest BCUT2D eigenvalue weighted by molar-refractivity contribution is -0.131. The highest BCUT2D eigenvalue weighted by molar-refractivity contribution is 5.78. The molecule has 1 aliphatic heterocycles. The molecule has 1 atom stereocenters. The van der Waals surface area contributed by atoms with E-state index in [1.54, 1.807) is 0 Å². The molecule has 1 heterocycles. The molecule has 3 nitrogen and oxygen atoms in total. The largest absolute Gasteiger partial charge is 0.343 e. The standard InChI is InChI=1S/C16H29NO2/c1-5-14(18)7-6-11-17-12-10-13(16(2,3)4)8-9-15(17)19/h13H,5-12H2,1-4H3. The molecule has 1 aliphatic rings. The van der Waals surface area contributed by atoms with Gasteiger partial charge in [-0.2, -0.15) is 0 Å². The zero-order valence-electron chi connectivity index (χ0n) is 13.0. The van der Waals surface area contributed by atoms with Crippen molar-refractivity contribution in [1.29, 1.82) is 0 Å². The van der Waals surface area contributed by atoms with Gasteiger partial charge in [0.25, 0.3) is 0 Å². The van der Waals surface area contributed by atoms with Crippen LogP contribution >= 0.6 is 0 Å². The number of amides is 1. The van der Waals surface area contributed by atoms with Crippen molar-refractivity contribution in [1.82, 2.24) is 4.90 Å². The average molecular weight is 267 g/mol. The van der Waals surface area contributed by atoms with Crippen LogP contribution in [-0.4, -0.2) is 29.7 Å². The van der Waals surface area contributed by atoms with Crippen LogP contribution in [0.4, 0.5) is 0 Å². The minimum absolute atomic E-state index is 0.274. The minimum atomic E-state index is 0.274. The van der Waals surface area contributed by atoms with Crippen molar-refractivity contribution >= 4 is 11.7 Å². The maximum atomic E-state index is 12.1. The fourth-order valence-corrected chi connectivity index (χ4v) is 2.78. The number of hydrogen-bond acceptors (Lipinski definition) is 2. The van der Waals surface area contributed by atoms with Crippen molar-refractivity contribution in [3.63, 3.8) is 0 Å². The molecule has 0 aliphatic carbocycles. The number of likely N-dealkylation sites (tertiary alicyclic amines) is 1. The molecule has 0 spiro atoms. The van der Waals surface area contributed by atoms with E-state index >= 15 is 0 Å². The molecule has 110 valence electrons. The van der Waals surface area contributed by atoms with Gasteiger partial charge in [-0.15, -0.1) is 0 Å². The first-order chi connectivity index (χ1) is 8.84. The van der Waals surface area contributed by atoms with E-state index in [-0.39, 0.29) is 11.3 Å². The summed E-state index contributed by atoms with van der Waals surface area (Å²) in [4.78, 5) is 25.3. The number of nitrogens with zero attached hydrogens (tertiary/aromatic N) is 1. The molecule has 1 saturated heterocycles. The van der Waals surface area contributed by atoms with Crippen LogP contribution in [-0.2, 0) is 9.59 Å². The summed E-state index contributed by atoms with van der Waals surface area (Å²) in [6, 6.07) is 0. The van der Waals surface area contributed by atoms with E-state index in [9.17, 15) is 9.59 Å². The number of carbonyl (C=O) groups excluding carboxylic acids is 2. The van der Waals surface area contributed by atoms with Gasteiger partial charge in [0, 0.05) is 32.4 Å². The topological polar surface area (TPSA) is 37.4 Å². The van der Waals surface area contributed by atoms with E-state index in [0.29, 0.717) is 31.0 Å². The molecule has 1 fully saturated rings. The Morgan fingerprint density at radius 2 is 2.00 bits per heavy atom. The van der Waals surface area contributed by atoms with Crippen LogP contribution in [0, 0.1) is 11.3 Å². The lowest BCUT2D eigenvalue weighted by Crippen LogP contribution is -2.31. The maximum Gasteiger partial charge on any atom is 0.222 e. The summed E-state index contributed by atoms with van der Waals surface area (Å²) < 4.78 is 0. The number of ketones is 1. The van der Waals surface area contributed by atoms with E-state index in [4.69, 9.17) is 0 Å². The van der Waals surface area contributed by atoms with Crippen molar-refractivity contribution in [3.8, 4) is 0 Å². The summed E-state index contributed by atoms with van der Waals surface area (Å²) in [6.07, 6.45) is 4.81. The first kappa shape index (κ1) is 16.2. The zero-order chi connectivity index (χ0) is 14.5. The molecule has 0 aromatic rings. The Balaban J connectivity index is 2.43. The van der Waals surface area contributed by atoms with Gasteiger partial charge < -0.3 is 4.90 Å². The molecule has 0 bridgehead atoms. The monoisotopic (exact) mass is 267 g/mol. The van der Waals surface area contributed by atoms with Crippen LogP contribution < -0.4 is 0 Å². The smallest absolute Gasteiger partial charge is 0.222 e. The van der Waals surface area contributed by atoms with Gasteiger partial charge in [0.2, 0.25) is 5.91 Å². The second kappa shape index (κ2) is 7.06. The first-order valence-electron chi connectivity index (χ1n) is 7.64. The van der Waals surface area contributed by atoms with Crippen molar-refractivity contribution in [2.45, 2.75) is 66.2 Å². The predicted molar refractivity (Wildman–Crippen MR) is 77.9 cm³/mol. The summed E-state index contributed by atoms with van der Waals surface area (Å²) in [5, 5.41) is 0. The molecule has 0 aromatic carbocycles. The van der Waals surface area contributed by atoms with Crippen molar-refractivity contribution in [2.75, 3.05) is 13.1 Å². The van der Waals surface area contributed by atoms with Gasteiger partial charge in [-0.25, -0.2) is 0 Å². The minimum Gasteiger partial charge on any atom is -0.343 e. The third kappa shape index (κ3) is 5.33. The Kier molecular flexibility index (Phi) is 6.02. The highest BCUT2D eigenvalue weighted by Gasteiger charge is 2.29. The number of Topliss-reactive ketones (excluding diaryl/α,β-unsaturated/α-hetero) is 1. The van der Waals surface area contributed by atoms with Crippen LogP contribution in [0.2, 0.25) is 0 Å². The number of hydrogen-bond donors (Lipinski definition) is 0. The number of rotatable bonds is 5. The van der Waals surface area contributed by atoms with Crippen molar-refractivity contribution in [2.24, 2.45) is 11.3 Å². The molecular weight excluding hydrogens is 238 g/mol. The Bertz CT molecular complexity index is 317. The van der Waals surface area contributed by atoms with Crippen molar-refractivity contribution < 1.29 is 9.59 Å². The Labute approximate surface area is 117 Å². The van der Waals surface area contributed by atoms with E-state index in [1.807, 2.05) is 11.8 Å². The number of carbonyl (C=O) groups is 2. The van der Waals surface area contributed by atoms with Crippen molar-refractivity contribution in [3.05, 3.63) is 0 Å². The van der Waals surface area contributed by atoms with Crippen LogP contribution in [0.15, 0.2) is 0 Å². The van der Waals surface area contributed by atoms with Gasteiger partial charge >= 0.3 is 0 Å². The fraction of sp³-hybridized carbons (Fsp3) is 0.875. The van der Waals surface area contributed by atoms with Gasteiger partial charge in [-0.05, 0) is 30.6 Å². The third-order valence-corrected chi connectivity index (χ3v) is 4.31. The molecule has 0 N–H and O–H groups in total. The quantitative estimate of drug-likeness (QED) is 0.765. The van der Waals surface area contributed by atoms with E-state index in [1.165, 1.54) is 0 Å². The van der Waals surface area contributed by atoms with Gasteiger partial charge in [0.15, 0.2) is 0 Å². The molecule has 3 heteroatoms. The molecule has 0 aromatic heterocycles. The van der Waals surface area contributed by atoms with Gasteiger partial charge in [-0.3, -0.25) is 9.59 Å². The Hall–Kier alpha value is -0.860. The van der Waals surface area contributed by atoms with Crippen LogP contribution in [0.1, 0.15) is 66.2 Å². The lowest BCUT2D eigenvalue weighted by atomic mass is 9.77. The van der Waals surface area contributed by atoms with Gasteiger partial charge in [0.1, 0.15) is 5.78 Å². The molecule has 1 amide bonds. The molecule has 1 unspecified atom stereocenters. The highest BCUT2D eigenvalue weighted by Crippen LogP contribution is 2.34. The molecule has 0 radical (unpaired) electrons. The molecule has 0 saturated carbocycles. The molecular formula is C16H29NO2. The van der Waals surface area contributed by atoms with E-state index in [0.717, 1.165) is 32.4 Å². The van der Waals surface area contributed by atoms with E-state index in [2.05, 4.69) is 20.8 Å². The SMILES string of the molecule is CCC(=O)CCCN1CCC(C(C)(C)C)CCC1=O. The van der Waals surface area contributed by atoms with Gasteiger partial charge in [0.05, 0.1) is 0 Å². The first-order valence-corrected chi connectivity index (χ1v) is 7.64. The zero-order valence-corrected chi connectivity index (χ0v) is 13.0. The second-order valence-electron chi connectivity index (χ2n) is 6.77. The van der Waals surface area contributed by atoms with E-state index < -0.39 is 0 Å². The maximum absolute atomic E-state index is 12.1. The molecule has 19 heavy (non-hydrogen) atoms.